The van der Waals surface area contributed by atoms with Gasteiger partial charge in [-0.15, -0.1) is 0 Å². The third kappa shape index (κ3) is 4.97. The molecule has 1 N–H and O–H groups in total. The van der Waals surface area contributed by atoms with E-state index in [1.54, 1.807) is 48.5 Å². The van der Waals surface area contributed by atoms with Crippen molar-refractivity contribution in [2.75, 3.05) is 23.3 Å². The molecule has 1 aliphatic rings. The van der Waals surface area contributed by atoms with E-state index < -0.39 is 16.0 Å². The van der Waals surface area contributed by atoms with Crippen LogP contribution in [0.25, 0.3) is 0 Å². The second-order valence-corrected chi connectivity index (χ2v) is 9.90. The van der Waals surface area contributed by atoms with Gasteiger partial charge in [-0.25, -0.2) is 13.2 Å². The number of esters is 1. The highest BCUT2D eigenvalue weighted by atomic mass is 32.2. The van der Waals surface area contributed by atoms with Gasteiger partial charge in [-0.1, -0.05) is 42.5 Å². The Morgan fingerprint density at radius 3 is 2.44 bits per heavy atom. The Morgan fingerprint density at radius 1 is 0.971 bits per heavy atom. The van der Waals surface area contributed by atoms with E-state index >= 15 is 0 Å². The van der Waals surface area contributed by atoms with Gasteiger partial charge in [0.25, 0.3) is 10.0 Å². The maximum absolute atomic E-state index is 13.3. The maximum Gasteiger partial charge on any atom is 0.339 e. The van der Waals surface area contributed by atoms with Crippen LogP contribution >= 0.6 is 0 Å². The van der Waals surface area contributed by atoms with Crippen molar-refractivity contribution >= 4 is 33.3 Å². The topological polar surface area (TPSA) is 92.8 Å². The van der Waals surface area contributed by atoms with E-state index in [1.807, 2.05) is 24.3 Å². The van der Waals surface area contributed by atoms with Crippen molar-refractivity contribution in [2.24, 2.45) is 0 Å². The standard InChI is InChI=1S/C26H26N2O5S/c1-33-26(30)22-9-3-4-10-23(22)27-25(29)17-14-19-12-15-21(16-13-19)34(31,32)28-18-6-8-20-7-2-5-11-24(20)28/h2-5,7,9-13,15-16H,6,8,14,17-18H2,1H3,(H,27,29). The quantitative estimate of drug-likeness (QED) is 0.514. The number of methoxy groups -OCH3 is 1. The molecule has 0 aliphatic carbocycles. The monoisotopic (exact) mass is 478 g/mol. The van der Waals surface area contributed by atoms with Crippen molar-refractivity contribution in [1.82, 2.24) is 0 Å². The highest BCUT2D eigenvalue weighted by molar-refractivity contribution is 7.92. The van der Waals surface area contributed by atoms with Crippen LogP contribution in [0.3, 0.4) is 0 Å². The first-order valence-electron chi connectivity index (χ1n) is 11.1. The average Bonchev–Trinajstić information content (AvgIpc) is 2.87. The van der Waals surface area contributed by atoms with E-state index in [0.29, 0.717) is 18.7 Å². The van der Waals surface area contributed by atoms with Gasteiger partial charge < -0.3 is 10.1 Å². The summed E-state index contributed by atoms with van der Waals surface area (Å²) >= 11 is 0. The molecule has 8 heteroatoms. The molecule has 3 aromatic rings. The van der Waals surface area contributed by atoms with Crippen LogP contribution in [0.15, 0.2) is 77.7 Å². The molecule has 0 radical (unpaired) electrons. The number of sulfonamides is 1. The van der Waals surface area contributed by atoms with E-state index in [1.165, 1.54) is 11.4 Å². The first-order valence-corrected chi connectivity index (χ1v) is 12.5. The smallest absolute Gasteiger partial charge is 0.339 e. The summed E-state index contributed by atoms with van der Waals surface area (Å²) in [7, 11) is -2.38. The molecule has 34 heavy (non-hydrogen) atoms. The third-order valence-corrected chi connectivity index (χ3v) is 7.65. The van der Waals surface area contributed by atoms with Crippen molar-refractivity contribution in [3.8, 4) is 0 Å². The van der Waals surface area contributed by atoms with Gasteiger partial charge in [-0.05, 0) is 60.7 Å². The van der Waals surface area contributed by atoms with Crippen LogP contribution in [0.1, 0.15) is 34.3 Å². The van der Waals surface area contributed by atoms with E-state index in [4.69, 9.17) is 4.74 Å². The lowest BCUT2D eigenvalue weighted by atomic mass is 10.0. The second kappa shape index (κ2) is 10.1. The van der Waals surface area contributed by atoms with Crippen molar-refractivity contribution in [3.05, 3.63) is 89.5 Å². The molecule has 3 aromatic carbocycles. The number of rotatable bonds is 7. The summed E-state index contributed by atoms with van der Waals surface area (Å²) in [4.78, 5) is 24.5. The molecular formula is C26H26N2O5S. The van der Waals surface area contributed by atoms with Crippen LogP contribution in [0, 0.1) is 0 Å². The summed E-state index contributed by atoms with van der Waals surface area (Å²) in [6.07, 6.45) is 2.26. The molecule has 1 amide bonds. The number of aryl methyl sites for hydroxylation is 2. The summed E-state index contributed by atoms with van der Waals surface area (Å²) in [6, 6.07) is 20.9. The number of para-hydroxylation sites is 2. The maximum atomic E-state index is 13.3. The van der Waals surface area contributed by atoms with Gasteiger partial charge in [0.15, 0.2) is 0 Å². The number of ether oxygens (including phenoxy) is 1. The fraction of sp³-hybridized carbons (Fsp3) is 0.231. The largest absolute Gasteiger partial charge is 0.465 e. The number of fused-ring (bicyclic) bond motifs is 1. The summed E-state index contributed by atoms with van der Waals surface area (Å²) in [5.74, 6) is -0.776. The molecule has 0 saturated heterocycles. The van der Waals surface area contributed by atoms with Gasteiger partial charge in [0.1, 0.15) is 0 Å². The van der Waals surface area contributed by atoms with Gasteiger partial charge in [-0.3, -0.25) is 9.10 Å². The normalized spacial score (nSPS) is 13.1. The number of hydrogen-bond donors (Lipinski definition) is 1. The average molecular weight is 479 g/mol. The molecule has 0 aromatic heterocycles. The van der Waals surface area contributed by atoms with E-state index in [9.17, 15) is 18.0 Å². The third-order valence-electron chi connectivity index (χ3n) is 5.83. The summed E-state index contributed by atoms with van der Waals surface area (Å²) in [5.41, 5.74) is 3.29. The number of nitrogens with one attached hydrogen (secondary N) is 1. The van der Waals surface area contributed by atoms with Crippen LogP contribution in [0.2, 0.25) is 0 Å². The highest BCUT2D eigenvalue weighted by Gasteiger charge is 2.28. The Kier molecular flexibility index (Phi) is 6.98. The first-order chi connectivity index (χ1) is 16.4. The van der Waals surface area contributed by atoms with E-state index in [0.717, 1.165) is 29.7 Å². The summed E-state index contributed by atoms with van der Waals surface area (Å²) < 4.78 is 32.8. The minimum Gasteiger partial charge on any atom is -0.465 e. The highest BCUT2D eigenvalue weighted by Crippen LogP contribution is 2.31. The predicted molar refractivity (Wildman–Crippen MR) is 130 cm³/mol. The lowest BCUT2D eigenvalue weighted by molar-refractivity contribution is -0.116. The molecule has 4 rings (SSSR count). The molecule has 0 bridgehead atoms. The fourth-order valence-corrected chi connectivity index (χ4v) is 5.60. The SMILES string of the molecule is COC(=O)c1ccccc1NC(=O)CCc1ccc(S(=O)(=O)N2CCCc3ccccc32)cc1. The Labute approximate surface area is 199 Å². The molecule has 0 spiro atoms. The van der Waals surface area contributed by atoms with Crippen LogP contribution in [-0.4, -0.2) is 33.9 Å². The molecule has 0 atom stereocenters. The van der Waals surface area contributed by atoms with Crippen molar-refractivity contribution in [2.45, 2.75) is 30.6 Å². The minimum absolute atomic E-state index is 0.182. The number of carbonyl (C=O) groups excluding carboxylic acids is 2. The Hall–Kier alpha value is -3.65. The minimum atomic E-state index is -3.67. The number of anilines is 2. The Balaban J connectivity index is 1.41. The molecule has 7 nitrogen and oxygen atoms in total. The lowest BCUT2D eigenvalue weighted by Crippen LogP contribution is -2.35. The summed E-state index contributed by atoms with van der Waals surface area (Å²) in [5, 5.41) is 2.74. The van der Waals surface area contributed by atoms with Crippen LogP contribution in [0.4, 0.5) is 11.4 Å². The van der Waals surface area contributed by atoms with Crippen LogP contribution < -0.4 is 9.62 Å². The number of hydrogen-bond acceptors (Lipinski definition) is 5. The fourth-order valence-electron chi connectivity index (χ4n) is 4.05. The molecule has 0 saturated carbocycles. The first kappa shape index (κ1) is 23.5. The van der Waals surface area contributed by atoms with Crippen molar-refractivity contribution in [3.63, 3.8) is 0 Å². The summed E-state index contributed by atoms with van der Waals surface area (Å²) in [6.45, 7) is 0.453. The van der Waals surface area contributed by atoms with E-state index in [2.05, 4.69) is 5.32 Å². The zero-order valence-electron chi connectivity index (χ0n) is 18.9. The zero-order chi connectivity index (χ0) is 24.1. The predicted octanol–water partition coefficient (Wildman–Crippen LogP) is 4.19. The zero-order valence-corrected chi connectivity index (χ0v) is 19.7. The Bertz CT molecular complexity index is 1300. The molecule has 0 fully saturated rings. The van der Waals surface area contributed by atoms with Gasteiger partial charge in [0.05, 0.1) is 28.9 Å². The van der Waals surface area contributed by atoms with Crippen LogP contribution in [-0.2, 0) is 32.4 Å². The van der Waals surface area contributed by atoms with Crippen molar-refractivity contribution < 1.29 is 22.7 Å². The van der Waals surface area contributed by atoms with Gasteiger partial charge in [0, 0.05) is 13.0 Å². The number of benzene rings is 3. The lowest BCUT2D eigenvalue weighted by Gasteiger charge is -2.30. The van der Waals surface area contributed by atoms with Gasteiger partial charge in [-0.2, -0.15) is 0 Å². The number of nitrogens with zero attached hydrogens (tertiary/aromatic N) is 1. The molecular weight excluding hydrogens is 452 g/mol. The van der Waals surface area contributed by atoms with E-state index in [-0.39, 0.29) is 22.8 Å². The number of carbonyl (C=O) groups is 2. The Morgan fingerprint density at radius 2 is 1.68 bits per heavy atom. The molecule has 1 aliphatic heterocycles. The number of amides is 1. The van der Waals surface area contributed by atoms with Crippen molar-refractivity contribution in [1.29, 1.82) is 0 Å². The molecule has 1 heterocycles. The molecule has 176 valence electrons. The van der Waals surface area contributed by atoms with Gasteiger partial charge in [0.2, 0.25) is 5.91 Å². The van der Waals surface area contributed by atoms with Gasteiger partial charge >= 0.3 is 5.97 Å². The molecule has 0 unspecified atom stereocenters. The van der Waals surface area contributed by atoms with Crippen LogP contribution in [0.5, 0.6) is 0 Å². The second-order valence-electron chi connectivity index (χ2n) is 8.04.